The first-order valence-corrected chi connectivity index (χ1v) is 11.6. The van der Waals surface area contributed by atoms with Crippen molar-refractivity contribution in [2.75, 3.05) is 19.8 Å². The van der Waals surface area contributed by atoms with E-state index in [4.69, 9.17) is 14.6 Å². The fourth-order valence-electron chi connectivity index (χ4n) is 3.67. The zero-order valence-corrected chi connectivity index (χ0v) is 17.9. The third kappa shape index (κ3) is 11.5. The number of aliphatic hydroxyl groups is 3. The third-order valence-corrected chi connectivity index (χ3v) is 5.53. The summed E-state index contributed by atoms with van der Waals surface area (Å²) in [5, 5.41) is 28.5. The lowest BCUT2D eigenvalue weighted by molar-refractivity contribution is -0.0716. The number of aliphatic hydroxyl groups excluding tert-OH is 3. The lowest BCUT2D eigenvalue weighted by Gasteiger charge is -2.20. The molecule has 1 rings (SSSR count). The number of allylic oxidation sites excluding steroid dienone is 1. The molecular weight excluding hydrogens is 356 g/mol. The zero-order chi connectivity index (χ0) is 20.5. The largest absolute Gasteiger partial charge is 0.394 e. The van der Waals surface area contributed by atoms with Gasteiger partial charge in [0.25, 0.3) is 0 Å². The third-order valence-electron chi connectivity index (χ3n) is 5.53. The molecule has 166 valence electrons. The first kappa shape index (κ1) is 25.6. The van der Waals surface area contributed by atoms with Crippen molar-refractivity contribution >= 4 is 0 Å². The van der Waals surface area contributed by atoms with Gasteiger partial charge in [-0.1, -0.05) is 89.7 Å². The van der Waals surface area contributed by atoms with Crippen molar-refractivity contribution in [1.82, 2.24) is 0 Å². The Morgan fingerprint density at radius 2 is 1.50 bits per heavy atom. The molecule has 0 spiro atoms. The van der Waals surface area contributed by atoms with Crippen LogP contribution in [0.5, 0.6) is 0 Å². The van der Waals surface area contributed by atoms with Crippen molar-refractivity contribution in [3.05, 3.63) is 12.2 Å². The van der Waals surface area contributed by atoms with Gasteiger partial charge in [-0.2, -0.15) is 0 Å². The van der Waals surface area contributed by atoms with E-state index in [0.717, 1.165) is 6.42 Å². The Hall–Kier alpha value is -0.460. The molecule has 1 aliphatic heterocycles. The first-order chi connectivity index (χ1) is 13.7. The summed E-state index contributed by atoms with van der Waals surface area (Å²) in [6.07, 6.45) is 18.4. The van der Waals surface area contributed by atoms with E-state index in [2.05, 4.69) is 13.0 Å². The predicted molar refractivity (Wildman–Crippen MR) is 113 cm³/mol. The summed E-state index contributed by atoms with van der Waals surface area (Å²) in [7, 11) is 0. The second-order valence-corrected chi connectivity index (χ2v) is 8.06. The normalized spacial score (nSPS) is 23.6. The summed E-state index contributed by atoms with van der Waals surface area (Å²) in [5.74, 6) is 0. The highest BCUT2D eigenvalue weighted by atomic mass is 16.6. The van der Waals surface area contributed by atoms with Crippen molar-refractivity contribution in [2.24, 2.45) is 0 Å². The number of ether oxygens (including phenoxy) is 2. The molecule has 0 unspecified atom stereocenters. The van der Waals surface area contributed by atoms with Gasteiger partial charge in [-0.3, -0.25) is 0 Å². The van der Waals surface area contributed by atoms with Gasteiger partial charge in [0.2, 0.25) is 0 Å². The lowest BCUT2D eigenvalue weighted by atomic mass is 10.0. The molecule has 0 amide bonds. The van der Waals surface area contributed by atoms with Gasteiger partial charge in [0, 0.05) is 0 Å². The first-order valence-electron chi connectivity index (χ1n) is 11.6. The summed E-state index contributed by atoms with van der Waals surface area (Å²) >= 11 is 0. The Kier molecular flexibility index (Phi) is 15.9. The fourth-order valence-corrected chi connectivity index (χ4v) is 3.67. The molecule has 1 fully saturated rings. The summed E-state index contributed by atoms with van der Waals surface area (Å²) < 4.78 is 10.9. The van der Waals surface area contributed by atoms with Crippen LogP contribution in [0.2, 0.25) is 0 Å². The minimum atomic E-state index is -1.06. The second-order valence-electron chi connectivity index (χ2n) is 8.06. The molecule has 1 aliphatic rings. The van der Waals surface area contributed by atoms with E-state index in [1.54, 1.807) is 0 Å². The molecule has 0 saturated carbocycles. The second kappa shape index (κ2) is 17.4. The lowest BCUT2D eigenvalue weighted by Crippen LogP contribution is -2.41. The van der Waals surface area contributed by atoms with Crippen LogP contribution in [0.15, 0.2) is 12.2 Å². The fraction of sp³-hybridized carbons (Fsp3) is 0.913. The van der Waals surface area contributed by atoms with Crippen molar-refractivity contribution in [1.29, 1.82) is 0 Å². The highest BCUT2D eigenvalue weighted by Crippen LogP contribution is 2.20. The maximum absolute atomic E-state index is 10.0. The van der Waals surface area contributed by atoms with E-state index in [1.807, 2.05) is 6.08 Å². The van der Waals surface area contributed by atoms with Crippen molar-refractivity contribution in [3.63, 3.8) is 0 Å². The van der Waals surface area contributed by atoms with Gasteiger partial charge in [0.1, 0.15) is 24.4 Å². The topological polar surface area (TPSA) is 79.2 Å². The maximum atomic E-state index is 10.0. The summed E-state index contributed by atoms with van der Waals surface area (Å²) in [5.41, 5.74) is 0. The Bertz CT molecular complexity index is 374. The molecule has 0 bridgehead atoms. The van der Waals surface area contributed by atoms with Crippen LogP contribution in [0, 0.1) is 0 Å². The number of rotatable bonds is 18. The Morgan fingerprint density at radius 1 is 0.929 bits per heavy atom. The molecule has 3 N–H and O–H groups in total. The molecule has 5 nitrogen and oxygen atoms in total. The Balaban J connectivity index is 1.86. The van der Waals surface area contributed by atoms with Crippen LogP contribution in [0.4, 0.5) is 0 Å². The van der Waals surface area contributed by atoms with E-state index in [9.17, 15) is 10.2 Å². The summed E-state index contributed by atoms with van der Waals surface area (Å²) in [6, 6.07) is 0. The Labute approximate surface area is 172 Å². The van der Waals surface area contributed by atoms with E-state index < -0.39 is 31.0 Å². The van der Waals surface area contributed by atoms with Crippen LogP contribution in [-0.2, 0) is 9.47 Å². The molecule has 0 aromatic carbocycles. The van der Waals surface area contributed by atoms with Crippen molar-refractivity contribution < 1.29 is 24.8 Å². The van der Waals surface area contributed by atoms with Gasteiger partial charge in [-0.25, -0.2) is 0 Å². The van der Waals surface area contributed by atoms with Gasteiger partial charge in [0.05, 0.1) is 19.8 Å². The highest BCUT2D eigenvalue weighted by molar-refractivity contribution is 4.90. The van der Waals surface area contributed by atoms with Gasteiger partial charge in [0.15, 0.2) is 0 Å². The maximum Gasteiger partial charge on any atom is 0.114 e. The molecule has 28 heavy (non-hydrogen) atoms. The van der Waals surface area contributed by atoms with Crippen molar-refractivity contribution in [3.8, 4) is 0 Å². The number of unbranched alkanes of at least 4 members (excludes halogenated alkanes) is 12. The van der Waals surface area contributed by atoms with Crippen LogP contribution in [0.25, 0.3) is 0 Å². The quantitative estimate of drug-likeness (QED) is 0.238. The average molecular weight is 401 g/mol. The molecule has 0 aromatic rings. The van der Waals surface area contributed by atoms with Crippen LogP contribution in [0.3, 0.4) is 0 Å². The highest BCUT2D eigenvalue weighted by Gasteiger charge is 2.40. The minimum Gasteiger partial charge on any atom is -0.394 e. The molecule has 0 aromatic heterocycles. The van der Waals surface area contributed by atoms with E-state index in [-0.39, 0.29) is 6.61 Å². The smallest absolute Gasteiger partial charge is 0.114 e. The van der Waals surface area contributed by atoms with Crippen LogP contribution in [0.1, 0.15) is 90.4 Å². The molecule has 0 aliphatic carbocycles. The Morgan fingerprint density at radius 3 is 2.07 bits per heavy atom. The van der Waals surface area contributed by atoms with Gasteiger partial charge in [-0.15, -0.1) is 0 Å². The van der Waals surface area contributed by atoms with Gasteiger partial charge < -0.3 is 24.8 Å². The SMILES string of the molecule is CCCCCCCCCCCCCC/C=C/CO[C@H]1CO[C@@H]([C@H](O)CO)[C@H]1O. The van der Waals surface area contributed by atoms with E-state index >= 15 is 0 Å². The summed E-state index contributed by atoms with van der Waals surface area (Å²) in [6.45, 7) is 2.52. The molecular formula is C23H44O5. The number of hydrogen-bond donors (Lipinski definition) is 3. The summed E-state index contributed by atoms with van der Waals surface area (Å²) in [4.78, 5) is 0. The van der Waals surface area contributed by atoms with Crippen LogP contribution < -0.4 is 0 Å². The van der Waals surface area contributed by atoms with Crippen LogP contribution in [-0.4, -0.2) is 59.6 Å². The molecule has 5 heteroatoms. The van der Waals surface area contributed by atoms with Crippen LogP contribution >= 0.6 is 0 Å². The molecule has 4 atom stereocenters. The van der Waals surface area contributed by atoms with Crippen molar-refractivity contribution in [2.45, 2.75) is 115 Å². The van der Waals surface area contributed by atoms with E-state index in [1.165, 1.54) is 77.0 Å². The molecule has 1 heterocycles. The minimum absolute atomic E-state index is 0.246. The average Bonchev–Trinajstić information content (AvgIpc) is 3.07. The van der Waals surface area contributed by atoms with E-state index in [0.29, 0.717) is 6.61 Å². The molecule has 1 saturated heterocycles. The molecule has 0 radical (unpaired) electrons. The zero-order valence-electron chi connectivity index (χ0n) is 17.9. The van der Waals surface area contributed by atoms with Gasteiger partial charge in [-0.05, 0) is 12.8 Å². The van der Waals surface area contributed by atoms with Gasteiger partial charge >= 0.3 is 0 Å². The number of hydrogen-bond acceptors (Lipinski definition) is 5. The predicted octanol–water partition coefficient (Wildman–Crippen LogP) is 4.13. The monoisotopic (exact) mass is 400 g/mol. The standard InChI is InChI=1S/C23H44O5/c1-2-3-4-5-6-7-8-9-10-11-12-13-14-15-16-17-27-21-19-28-23(22(21)26)20(25)18-24/h15-16,20-26H,2-14,17-19H2,1H3/b16-15+/t20-,21+,22+,23+/m1/s1.